The fourth-order valence-corrected chi connectivity index (χ4v) is 3.11. The number of nitrogens with one attached hydrogen (secondary N) is 3. The molecule has 0 aliphatic rings. The average Bonchev–Trinajstić information content (AvgIpc) is 2.77. The van der Waals surface area contributed by atoms with Gasteiger partial charge in [-0.2, -0.15) is 0 Å². The maximum absolute atomic E-state index is 12.8. The van der Waals surface area contributed by atoms with Gasteiger partial charge in [-0.15, -0.1) is 0 Å². The summed E-state index contributed by atoms with van der Waals surface area (Å²) >= 11 is 0. The fourth-order valence-electron chi connectivity index (χ4n) is 3.11. The van der Waals surface area contributed by atoms with E-state index >= 15 is 0 Å². The zero-order chi connectivity index (χ0) is 25.2. The van der Waals surface area contributed by atoms with E-state index in [0.717, 1.165) is 6.42 Å². The normalized spacial score (nSPS) is 14.6. The molecular formula is C21H43N7O5. The van der Waals surface area contributed by atoms with E-state index in [-0.39, 0.29) is 12.8 Å². The molecule has 0 fully saturated rings. The second-order valence-electron chi connectivity index (χ2n) is 8.15. The van der Waals surface area contributed by atoms with Crippen molar-refractivity contribution < 1.29 is 24.3 Å². The van der Waals surface area contributed by atoms with Crippen LogP contribution in [-0.4, -0.2) is 72.6 Å². The quantitative estimate of drug-likeness (QED) is 0.0994. The van der Waals surface area contributed by atoms with Crippen molar-refractivity contribution in [1.29, 1.82) is 0 Å². The molecule has 3 amide bonds. The summed E-state index contributed by atoms with van der Waals surface area (Å²) in [5.74, 6) is -2.79. The van der Waals surface area contributed by atoms with Crippen molar-refractivity contribution in [3.05, 3.63) is 0 Å². The lowest BCUT2D eigenvalue weighted by Crippen LogP contribution is -2.56. The first-order valence-electron chi connectivity index (χ1n) is 11.7. The molecular weight excluding hydrogens is 430 g/mol. The minimum atomic E-state index is -1.16. The Kier molecular flexibility index (Phi) is 16.9. The van der Waals surface area contributed by atoms with Crippen molar-refractivity contribution in [1.82, 2.24) is 16.0 Å². The molecule has 0 aromatic rings. The fraction of sp³-hybridized carbons (Fsp3) is 0.810. The van der Waals surface area contributed by atoms with E-state index in [1.54, 1.807) is 0 Å². The Morgan fingerprint density at radius 1 is 0.667 bits per heavy atom. The Morgan fingerprint density at radius 2 is 1.12 bits per heavy atom. The van der Waals surface area contributed by atoms with Crippen LogP contribution in [0.5, 0.6) is 0 Å². The summed E-state index contributed by atoms with van der Waals surface area (Å²) < 4.78 is 0. The van der Waals surface area contributed by atoms with Gasteiger partial charge < -0.3 is 44.0 Å². The number of unbranched alkanes of at least 4 members (excludes halogenated alkanes) is 3. The lowest BCUT2D eigenvalue weighted by Gasteiger charge is -2.24. The lowest BCUT2D eigenvalue weighted by molar-refractivity contribution is -0.142. The molecule has 12 N–H and O–H groups in total. The number of carbonyl (C=O) groups excluding carboxylic acids is 3. The summed E-state index contributed by atoms with van der Waals surface area (Å²) in [6.45, 7) is 2.85. The van der Waals surface area contributed by atoms with E-state index in [0.29, 0.717) is 58.2 Å². The van der Waals surface area contributed by atoms with Crippen LogP contribution in [0.15, 0.2) is 0 Å². The molecule has 0 aromatic heterocycles. The van der Waals surface area contributed by atoms with Gasteiger partial charge in [-0.3, -0.25) is 14.4 Å². The van der Waals surface area contributed by atoms with Gasteiger partial charge in [0.05, 0.1) is 6.04 Å². The van der Waals surface area contributed by atoms with Crippen LogP contribution < -0.4 is 38.9 Å². The number of hydrogen-bond donors (Lipinski definition) is 8. The Morgan fingerprint density at radius 3 is 1.61 bits per heavy atom. The number of carboxylic acids is 1. The van der Waals surface area contributed by atoms with E-state index in [4.69, 9.17) is 22.9 Å². The van der Waals surface area contributed by atoms with E-state index < -0.39 is 47.9 Å². The zero-order valence-electron chi connectivity index (χ0n) is 19.7. The maximum Gasteiger partial charge on any atom is 0.326 e. The minimum absolute atomic E-state index is 0.232. The van der Waals surface area contributed by atoms with Gasteiger partial charge in [0.15, 0.2) is 0 Å². The molecule has 0 aliphatic carbocycles. The SMILES string of the molecule is CC(NC(=O)C(N)CCCCN)C(=O)NC(CCCCN)C(=O)NC(CCCCN)C(=O)O. The molecule has 0 bridgehead atoms. The minimum Gasteiger partial charge on any atom is -0.480 e. The summed E-state index contributed by atoms with van der Waals surface area (Å²) in [5.41, 5.74) is 22.2. The summed E-state index contributed by atoms with van der Waals surface area (Å²) in [6.07, 6.45) is 4.80. The number of aliphatic carboxylic acids is 1. The molecule has 4 unspecified atom stereocenters. The highest BCUT2D eigenvalue weighted by atomic mass is 16.4. The van der Waals surface area contributed by atoms with Crippen LogP contribution in [0.3, 0.4) is 0 Å². The van der Waals surface area contributed by atoms with Crippen LogP contribution in [0.2, 0.25) is 0 Å². The molecule has 0 radical (unpaired) electrons. The summed E-state index contributed by atoms with van der Waals surface area (Å²) in [4.78, 5) is 49.1. The Bertz CT molecular complexity index is 606. The molecule has 0 spiro atoms. The van der Waals surface area contributed by atoms with Crippen molar-refractivity contribution in [2.75, 3.05) is 19.6 Å². The van der Waals surface area contributed by atoms with Crippen molar-refractivity contribution in [3.8, 4) is 0 Å². The number of rotatable bonds is 19. The first-order valence-corrected chi connectivity index (χ1v) is 11.7. The van der Waals surface area contributed by atoms with Gasteiger partial charge >= 0.3 is 5.97 Å². The molecule has 33 heavy (non-hydrogen) atoms. The molecule has 0 rings (SSSR count). The predicted octanol–water partition coefficient (Wildman–Crippen LogP) is -1.74. The lowest BCUT2D eigenvalue weighted by atomic mass is 10.1. The van der Waals surface area contributed by atoms with Crippen LogP contribution in [0.1, 0.15) is 64.7 Å². The zero-order valence-corrected chi connectivity index (χ0v) is 19.7. The second-order valence-corrected chi connectivity index (χ2v) is 8.15. The third kappa shape index (κ3) is 13.8. The number of amides is 3. The molecule has 12 heteroatoms. The molecule has 0 heterocycles. The van der Waals surface area contributed by atoms with Crippen molar-refractivity contribution in [2.24, 2.45) is 22.9 Å². The van der Waals surface area contributed by atoms with Gasteiger partial charge in [-0.1, -0.05) is 6.42 Å². The first-order chi connectivity index (χ1) is 15.7. The summed E-state index contributed by atoms with van der Waals surface area (Å²) in [5, 5.41) is 17.0. The second kappa shape index (κ2) is 18.2. The smallest absolute Gasteiger partial charge is 0.326 e. The third-order valence-electron chi connectivity index (χ3n) is 5.20. The predicted molar refractivity (Wildman–Crippen MR) is 126 cm³/mol. The number of carbonyl (C=O) groups is 4. The molecule has 4 atom stereocenters. The number of nitrogens with two attached hydrogens (primary N) is 4. The Labute approximate surface area is 195 Å². The third-order valence-corrected chi connectivity index (χ3v) is 5.20. The molecule has 12 nitrogen and oxygen atoms in total. The topological polar surface area (TPSA) is 229 Å². The van der Waals surface area contributed by atoms with Crippen molar-refractivity contribution >= 4 is 23.7 Å². The molecule has 0 saturated carbocycles. The van der Waals surface area contributed by atoms with Crippen LogP contribution in [0.25, 0.3) is 0 Å². The average molecular weight is 474 g/mol. The van der Waals surface area contributed by atoms with Gasteiger partial charge in [-0.05, 0) is 77.9 Å². The van der Waals surface area contributed by atoms with E-state index in [1.807, 2.05) is 0 Å². The van der Waals surface area contributed by atoms with Gasteiger partial charge in [0.1, 0.15) is 18.1 Å². The highest BCUT2D eigenvalue weighted by Crippen LogP contribution is 2.06. The van der Waals surface area contributed by atoms with Crippen LogP contribution in [-0.2, 0) is 19.2 Å². The molecule has 0 aromatic carbocycles. The Hall–Kier alpha value is -2.28. The van der Waals surface area contributed by atoms with Crippen molar-refractivity contribution in [3.63, 3.8) is 0 Å². The van der Waals surface area contributed by atoms with Gasteiger partial charge in [-0.25, -0.2) is 4.79 Å². The van der Waals surface area contributed by atoms with Crippen LogP contribution in [0, 0.1) is 0 Å². The number of hydrogen-bond acceptors (Lipinski definition) is 8. The molecule has 0 saturated heterocycles. The van der Waals surface area contributed by atoms with E-state index in [2.05, 4.69) is 16.0 Å². The summed E-state index contributed by atoms with van der Waals surface area (Å²) in [6, 6.07) is -3.73. The number of carboxylic acid groups (broad SMARTS) is 1. The van der Waals surface area contributed by atoms with Crippen LogP contribution >= 0.6 is 0 Å². The van der Waals surface area contributed by atoms with Crippen LogP contribution in [0.4, 0.5) is 0 Å². The summed E-state index contributed by atoms with van der Waals surface area (Å²) in [7, 11) is 0. The standard InChI is InChI=1S/C21H43N7O5/c1-14(26-19(30)15(25)8-2-5-11-22)18(29)27-16(9-3-6-12-23)20(31)28-17(21(32)33)10-4-7-13-24/h14-17H,2-13,22-25H2,1H3,(H,26,30)(H,27,29)(H,28,31)(H,32,33). The van der Waals surface area contributed by atoms with Gasteiger partial charge in [0, 0.05) is 0 Å². The van der Waals surface area contributed by atoms with E-state index in [1.165, 1.54) is 6.92 Å². The first kappa shape index (κ1) is 30.7. The van der Waals surface area contributed by atoms with Gasteiger partial charge in [0.25, 0.3) is 0 Å². The molecule has 192 valence electrons. The highest BCUT2D eigenvalue weighted by Gasteiger charge is 2.28. The largest absolute Gasteiger partial charge is 0.480 e. The monoisotopic (exact) mass is 473 g/mol. The molecule has 0 aliphatic heterocycles. The van der Waals surface area contributed by atoms with Crippen molar-refractivity contribution in [2.45, 2.75) is 88.9 Å². The van der Waals surface area contributed by atoms with E-state index in [9.17, 15) is 24.3 Å². The maximum atomic E-state index is 12.8. The highest BCUT2D eigenvalue weighted by molar-refractivity contribution is 5.93. The Balaban J connectivity index is 5.00. The van der Waals surface area contributed by atoms with Gasteiger partial charge in [0.2, 0.25) is 17.7 Å².